The second-order valence-corrected chi connectivity index (χ2v) is 7.42. The van der Waals surface area contributed by atoms with Crippen LogP contribution in [-0.4, -0.2) is 30.3 Å². The molecule has 3 aromatic rings. The van der Waals surface area contributed by atoms with Crippen molar-refractivity contribution in [3.05, 3.63) is 70.7 Å². The number of rotatable bonds is 7. The second-order valence-electron chi connectivity index (χ2n) is 7.42. The van der Waals surface area contributed by atoms with E-state index in [4.69, 9.17) is 15.2 Å². The van der Waals surface area contributed by atoms with Gasteiger partial charge in [0, 0.05) is 11.8 Å². The van der Waals surface area contributed by atoms with E-state index in [-0.39, 0.29) is 11.4 Å². The zero-order chi connectivity index (χ0) is 28.4. The van der Waals surface area contributed by atoms with Gasteiger partial charge in [-0.25, -0.2) is 4.98 Å². The standard InChI is InChI=1S/C23H16F7N3O5/c1-10-12(22(25,26)27)3-4-13(17(10)21(35)33-16-9-11(20(31)34)7-8-32-16)37-15-6-5-14(38-23(28,29)30)18(24)19(15)36-2/h3-9H,1-2H3,(H2,31,34)(H,32,33,35). The van der Waals surface area contributed by atoms with Crippen LogP contribution in [0.2, 0.25) is 0 Å². The first-order valence-electron chi connectivity index (χ1n) is 10.2. The SMILES string of the molecule is COc1c(Oc2ccc(C(F)(F)F)c(C)c2C(=O)Nc2cc(C(N)=O)ccn2)ccc(OC(F)(F)F)c1F. The van der Waals surface area contributed by atoms with Gasteiger partial charge in [-0.2, -0.15) is 17.6 Å². The quantitative estimate of drug-likeness (QED) is 0.373. The highest BCUT2D eigenvalue weighted by atomic mass is 19.4. The van der Waals surface area contributed by atoms with Crippen LogP contribution in [-0.2, 0) is 6.18 Å². The molecule has 2 aromatic carbocycles. The number of halogens is 7. The number of nitrogens with one attached hydrogen (secondary N) is 1. The van der Waals surface area contributed by atoms with Crippen LogP contribution >= 0.6 is 0 Å². The first kappa shape index (κ1) is 28.0. The van der Waals surface area contributed by atoms with Crippen LogP contribution in [0.15, 0.2) is 42.6 Å². The first-order valence-corrected chi connectivity index (χ1v) is 10.2. The Morgan fingerprint density at radius 2 is 1.61 bits per heavy atom. The molecule has 1 heterocycles. The maximum Gasteiger partial charge on any atom is 0.573 e. The fourth-order valence-corrected chi connectivity index (χ4v) is 3.30. The number of amides is 2. The normalized spacial score (nSPS) is 11.6. The van der Waals surface area contributed by atoms with Crippen molar-refractivity contribution in [2.24, 2.45) is 5.73 Å². The first-order chi connectivity index (χ1) is 17.6. The number of nitrogens with two attached hydrogens (primary N) is 1. The number of hydrogen-bond donors (Lipinski definition) is 2. The van der Waals surface area contributed by atoms with E-state index in [1.807, 2.05) is 0 Å². The predicted octanol–water partition coefficient (Wildman–Crippen LogP) is 5.60. The zero-order valence-corrected chi connectivity index (χ0v) is 19.3. The molecule has 0 fully saturated rings. The fraction of sp³-hybridized carbons (Fsp3) is 0.174. The Bertz CT molecular complexity index is 1390. The monoisotopic (exact) mass is 547 g/mol. The molecule has 0 spiro atoms. The highest BCUT2D eigenvalue weighted by Gasteiger charge is 2.36. The average Bonchev–Trinajstić information content (AvgIpc) is 2.79. The molecule has 0 aliphatic carbocycles. The number of alkyl halides is 6. The summed E-state index contributed by atoms with van der Waals surface area (Å²) in [6.07, 6.45) is -9.00. The molecule has 0 unspecified atom stereocenters. The molecule has 3 rings (SSSR count). The van der Waals surface area contributed by atoms with Crippen molar-refractivity contribution in [2.75, 3.05) is 12.4 Å². The van der Waals surface area contributed by atoms with Gasteiger partial charge in [-0.15, -0.1) is 13.2 Å². The minimum absolute atomic E-state index is 0.0612. The van der Waals surface area contributed by atoms with Crippen LogP contribution in [0.1, 0.15) is 31.8 Å². The number of nitrogens with zero attached hydrogens (tertiary/aromatic N) is 1. The third-order valence-electron chi connectivity index (χ3n) is 4.92. The molecule has 38 heavy (non-hydrogen) atoms. The molecule has 3 N–H and O–H groups in total. The van der Waals surface area contributed by atoms with E-state index in [1.54, 1.807) is 0 Å². The zero-order valence-electron chi connectivity index (χ0n) is 19.3. The van der Waals surface area contributed by atoms with E-state index in [1.165, 1.54) is 6.07 Å². The molecule has 0 atom stereocenters. The molecular formula is C23H16F7N3O5. The smallest absolute Gasteiger partial charge is 0.490 e. The predicted molar refractivity (Wildman–Crippen MR) is 117 cm³/mol. The van der Waals surface area contributed by atoms with Gasteiger partial charge in [0.05, 0.1) is 18.2 Å². The minimum Gasteiger partial charge on any atom is -0.490 e. The number of primary amides is 1. The van der Waals surface area contributed by atoms with Gasteiger partial charge in [-0.3, -0.25) is 9.59 Å². The molecule has 0 saturated carbocycles. The van der Waals surface area contributed by atoms with Crippen molar-refractivity contribution >= 4 is 17.6 Å². The molecule has 0 saturated heterocycles. The Kier molecular flexibility index (Phi) is 7.69. The van der Waals surface area contributed by atoms with E-state index >= 15 is 0 Å². The Morgan fingerprint density at radius 3 is 2.18 bits per heavy atom. The van der Waals surface area contributed by atoms with Crippen LogP contribution in [0.4, 0.5) is 36.6 Å². The molecule has 8 nitrogen and oxygen atoms in total. The summed E-state index contributed by atoms with van der Waals surface area (Å²) in [7, 11) is 0.895. The molecule has 15 heteroatoms. The van der Waals surface area contributed by atoms with Crippen molar-refractivity contribution < 1.29 is 54.5 Å². The summed E-state index contributed by atoms with van der Waals surface area (Å²) < 4.78 is 107. The Morgan fingerprint density at radius 1 is 0.974 bits per heavy atom. The summed E-state index contributed by atoms with van der Waals surface area (Å²) in [5.41, 5.74) is 2.63. The summed E-state index contributed by atoms with van der Waals surface area (Å²) in [6.45, 7) is 0.968. The van der Waals surface area contributed by atoms with E-state index < -0.39 is 69.9 Å². The summed E-state index contributed by atoms with van der Waals surface area (Å²) in [5.74, 6) is -7.17. The highest BCUT2D eigenvalue weighted by molar-refractivity contribution is 6.07. The molecule has 0 aliphatic rings. The van der Waals surface area contributed by atoms with Crippen LogP contribution < -0.4 is 25.3 Å². The number of pyridine rings is 1. The highest BCUT2D eigenvalue weighted by Crippen LogP contribution is 2.43. The summed E-state index contributed by atoms with van der Waals surface area (Å²) in [5, 5.41) is 2.22. The number of benzene rings is 2. The van der Waals surface area contributed by atoms with Gasteiger partial charge < -0.3 is 25.3 Å². The van der Waals surface area contributed by atoms with Gasteiger partial charge in [-0.05, 0) is 48.9 Å². The van der Waals surface area contributed by atoms with Crippen LogP contribution in [0.3, 0.4) is 0 Å². The molecule has 0 bridgehead atoms. The van der Waals surface area contributed by atoms with Gasteiger partial charge in [0.1, 0.15) is 11.6 Å². The van der Waals surface area contributed by atoms with Gasteiger partial charge >= 0.3 is 12.5 Å². The number of carbonyl (C=O) groups excluding carboxylic acids is 2. The third kappa shape index (κ3) is 6.22. The maximum absolute atomic E-state index is 14.6. The van der Waals surface area contributed by atoms with E-state index in [0.29, 0.717) is 12.1 Å². The van der Waals surface area contributed by atoms with Gasteiger partial charge in [0.2, 0.25) is 17.5 Å². The number of ether oxygens (including phenoxy) is 3. The summed E-state index contributed by atoms with van der Waals surface area (Å²) in [4.78, 5) is 28.3. The lowest BCUT2D eigenvalue weighted by atomic mass is 10.00. The van der Waals surface area contributed by atoms with Gasteiger partial charge in [-0.1, -0.05) is 0 Å². The largest absolute Gasteiger partial charge is 0.573 e. The van der Waals surface area contributed by atoms with Crippen molar-refractivity contribution in [2.45, 2.75) is 19.5 Å². The summed E-state index contributed by atoms with van der Waals surface area (Å²) >= 11 is 0. The second kappa shape index (κ2) is 10.4. The molecule has 0 radical (unpaired) electrons. The van der Waals surface area contributed by atoms with Crippen molar-refractivity contribution in [1.29, 1.82) is 0 Å². The Labute approximate surface area is 209 Å². The van der Waals surface area contributed by atoms with E-state index in [9.17, 15) is 40.3 Å². The van der Waals surface area contributed by atoms with Crippen LogP contribution in [0, 0.1) is 12.7 Å². The topological polar surface area (TPSA) is 113 Å². The minimum atomic E-state index is -5.23. The number of anilines is 1. The average molecular weight is 547 g/mol. The van der Waals surface area contributed by atoms with Crippen LogP contribution in [0.25, 0.3) is 0 Å². The van der Waals surface area contributed by atoms with Crippen molar-refractivity contribution in [3.63, 3.8) is 0 Å². The Balaban J connectivity index is 2.09. The van der Waals surface area contributed by atoms with Crippen LogP contribution in [0.5, 0.6) is 23.0 Å². The van der Waals surface area contributed by atoms with Gasteiger partial charge in [0.15, 0.2) is 11.5 Å². The van der Waals surface area contributed by atoms with Crippen molar-refractivity contribution in [3.8, 4) is 23.0 Å². The molecule has 202 valence electrons. The Hall–Kier alpha value is -4.56. The number of hydrogen-bond acceptors (Lipinski definition) is 6. The molecule has 1 aromatic heterocycles. The van der Waals surface area contributed by atoms with E-state index in [2.05, 4.69) is 15.0 Å². The lowest BCUT2D eigenvalue weighted by molar-refractivity contribution is -0.275. The number of aromatic nitrogens is 1. The number of methoxy groups -OCH3 is 1. The third-order valence-corrected chi connectivity index (χ3v) is 4.92. The summed E-state index contributed by atoms with van der Waals surface area (Å²) in [6, 6.07) is 5.01. The lowest BCUT2D eigenvalue weighted by Crippen LogP contribution is -2.19. The number of carbonyl (C=O) groups is 2. The lowest BCUT2D eigenvalue weighted by Gasteiger charge is -2.19. The maximum atomic E-state index is 14.6. The molecule has 2 amide bonds. The van der Waals surface area contributed by atoms with E-state index in [0.717, 1.165) is 38.4 Å². The van der Waals surface area contributed by atoms with Gasteiger partial charge in [0.25, 0.3) is 5.91 Å². The fourth-order valence-electron chi connectivity index (χ4n) is 3.30. The van der Waals surface area contributed by atoms with Crippen molar-refractivity contribution in [1.82, 2.24) is 4.98 Å². The molecular weight excluding hydrogens is 531 g/mol. The molecule has 0 aliphatic heterocycles.